The topological polar surface area (TPSA) is 94.5 Å². The van der Waals surface area contributed by atoms with Crippen LogP contribution >= 0.6 is 23.2 Å². The molecule has 6 atom stereocenters. The van der Waals surface area contributed by atoms with E-state index >= 15 is 0 Å². The lowest BCUT2D eigenvalue weighted by Crippen LogP contribution is -2.59. The third kappa shape index (κ3) is 5.86. The van der Waals surface area contributed by atoms with Crippen molar-refractivity contribution >= 4 is 45.8 Å². The molecule has 7 rings (SSSR count). The molecule has 1 saturated heterocycles. The summed E-state index contributed by atoms with van der Waals surface area (Å²) in [6.07, 6.45) is 2.86. The van der Waals surface area contributed by atoms with Gasteiger partial charge in [0.05, 0.1) is 16.9 Å². The van der Waals surface area contributed by atoms with Gasteiger partial charge in [-0.05, 0) is 92.2 Å². The molecule has 0 amide bonds. The van der Waals surface area contributed by atoms with Gasteiger partial charge in [-0.1, -0.05) is 50.0 Å². The number of benzene rings is 2. The normalized spacial score (nSPS) is 28.5. The second-order valence-electron chi connectivity index (χ2n) is 13.6. The molecule has 3 N–H and O–H groups in total. The molecule has 2 heterocycles. The third-order valence-corrected chi connectivity index (χ3v) is 10.9. The molecule has 2 aromatic carbocycles. The summed E-state index contributed by atoms with van der Waals surface area (Å²) in [7, 11) is 0. The molecule has 4 fully saturated rings. The lowest BCUT2D eigenvalue weighted by Gasteiger charge is -2.61. The Bertz CT molecular complexity index is 1670. The van der Waals surface area contributed by atoms with Gasteiger partial charge in [-0.15, -0.1) is 0 Å². The van der Waals surface area contributed by atoms with Gasteiger partial charge >= 0.3 is 5.69 Å². The van der Waals surface area contributed by atoms with Crippen molar-refractivity contribution in [3.63, 3.8) is 0 Å². The average molecular weight is 626 g/mol. The lowest BCUT2D eigenvalue weighted by molar-refractivity contribution is -0.108. The Morgan fingerprint density at radius 3 is 2.47 bits per heavy atom. The lowest BCUT2D eigenvalue weighted by atomic mass is 9.45. The summed E-state index contributed by atoms with van der Waals surface area (Å²) in [5.74, 6) is 2.80. The maximum absolute atomic E-state index is 13.4. The average Bonchev–Trinajstić information content (AvgIpc) is 2.93. The first-order valence-electron chi connectivity index (χ1n) is 15.5. The highest BCUT2D eigenvalue weighted by molar-refractivity contribution is 6.35. The number of fused-ring (bicyclic) bond motifs is 3. The van der Waals surface area contributed by atoms with Gasteiger partial charge in [0.2, 0.25) is 0 Å². The minimum absolute atomic E-state index is 0.208. The molecule has 230 valence electrons. The molecule has 3 saturated carbocycles. The molecule has 1 aromatic heterocycles. The molecular formula is C33H42Cl2N6O2. The van der Waals surface area contributed by atoms with Crippen LogP contribution in [0.25, 0.3) is 10.9 Å². The zero-order valence-corrected chi connectivity index (χ0v) is 27.1. The predicted octanol–water partition coefficient (Wildman–Crippen LogP) is 5.76. The van der Waals surface area contributed by atoms with E-state index < -0.39 is 5.69 Å². The van der Waals surface area contributed by atoms with Gasteiger partial charge in [0, 0.05) is 47.5 Å². The van der Waals surface area contributed by atoms with Crippen molar-refractivity contribution in [2.75, 3.05) is 18.4 Å². The van der Waals surface area contributed by atoms with Crippen molar-refractivity contribution in [1.29, 1.82) is 0 Å². The van der Waals surface area contributed by atoms with Crippen LogP contribution in [0.5, 0.6) is 0 Å². The SMILES string of the molecule is CC1CN(C(=NC2CC3CC(C2C)C3(C)C)Nc2ccc3c(=O)n(CCc4ccc(Cl)cc4Cl)c(=O)[nH]c3c2)CC(C)N1. The van der Waals surface area contributed by atoms with Crippen LogP contribution in [-0.4, -0.2) is 51.6 Å². The highest BCUT2D eigenvalue weighted by Gasteiger charge is 2.56. The van der Waals surface area contributed by atoms with Crippen molar-refractivity contribution in [2.24, 2.45) is 28.2 Å². The molecule has 3 aromatic rings. The van der Waals surface area contributed by atoms with Crippen LogP contribution in [-0.2, 0) is 13.0 Å². The monoisotopic (exact) mass is 624 g/mol. The van der Waals surface area contributed by atoms with E-state index in [4.69, 9.17) is 28.2 Å². The molecule has 1 aliphatic heterocycles. The first-order chi connectivity index (χ1) is 20.4. The fraction of sp³-hybridized carbons (Fsp3) is 0.545. The fourth-order valence-electron chi connectivity index (χ4n) is 7.76. The predicted molar refractivity (Wildman–Crippen MR) is 177 cm³/mol. The second-order valence-corrected chi connectivity index (χ2v) is 14.5. The number of H-pyrrole nitrogens is 1. The summed E-state index contributed by atoms with van der Waals surface area (Å²) in [4.78, 5) is 37.1. The van der Waals surface area contributed by atoms with E-state index in [-0.39, 0.29) is 18.1 Å². The Balaban J connectivity index is 1.28. The van der Waals surface area contributed by atoms with E-state index in [9.17, 15) is 9.59 Å². The highest BCUT2D eigenvalue weighted by atomic mass is 35.5. The molecule has 4 aliphatic rings. The zero-order valence-electron chi connectivity index (χ0n) is 25.6. The van der Waals surface area contributed by atoms with Crippen LogP contribution in [0.3, 0.4) is 0 Å². The Morgan fingerprint density at radius 1 is 1.05 bits per heavy atom. The van der Waals surface area contributed by atoms with Gasteiger partial charge in [0.1, 0.15) is 0 Å². The summed E-state index contributed by atoms with van der Waals surface area (Å²) in [6.45, 7) is 13.5. The van der Waals surface area contributed by atoms with Gasteiger partial charge in [-0.25, -0.2) is 9.79 Å². The van der Waals surface area contributed by atoms with Crippen LogP contribution in [0.1, 0.15) is 53.0 Å². The Morgan fingerprint density at radius 2 is 1.79 bits per heavy atom. The number of aryl methyl sites for hydroxylation is 1. The van der Waals surface area contributed by atoms with Gasteiger partial charge in [0.25, 0.3) is 5.56 Å². The molecule has 3 aliphatic carbocycles. The number of guanidine groups is 1. The quantitative estimate of drug-likeness (QED) is 0.248. The molecule has 43 heavy (non-hydrogen) atoms. The summed E-state index contributed by atoms with van der Waals surface area (Å²) < 4.78 is 1.23. The molecule has 6 unspecified atom stereocenters. The maximum Gasteiger partial charge on any atom is 0.328 e. The summed E-state index contributed by atoms with van der Waals surface area (Å²) in [5.41, 5.74) is 1.74. The third-order valence-electron chi connectivity index (χ3n) is 10.3. The van der Waals surface area contributed by atoms with Crippen molar-refractivity contribution < 1.29 is 0 Å². The molecule has 0 radical (unpaired) electrons. The number of halogens is 2. The second kappa shape index (κ2) is 11.6. The number of nitrogens with zero attached hydrogens (tertiary/aromatic N) is 3. The number of hydrogen-bond acceptors (Lipinski definition) is 4. The van der Waals surface area contributed by atoms with Crippen molar-refractivity contribution in [3.05, 3.63) is 72.8 Å². The van der Waals surface area contributed by atoms with Crippen molar-refractivity contribution in [3.8, 4) is 0 Å². The van der Waals surface area contributed by atoms with Gasteiger partial charge in [-0.3, -0.25) is 9.36 Å². The Labute approximate surface area is 262 Å². The number of anilines is 1. The number of piperazine rings is 1. The number of nitrogens with one attached hydrogen (secondary N) is 3. The van der Waals surface area contributed by atoms with Crippen molar-refractivity contribution in [2.45, 2.75) is 78.6 Å². The Hall–Kier alpha value is -2.81. The molecule has 0 spiro atoms. The first-order valence-corrected chi connectivity index (χ1v) is 16.2. The molecular weight excluding hydrogens is 583 g/mol. The van der Waals surface area contributed by atoms with E-state index in [1.54, 1.807) is 18.2 Å². The van der Waals surface area contributed by atoms with Gasteiger partial charge in [-0.2, -0.15) is 0 Å². The van der Waals surface area contributed by atoms with E-state index in [1.165, 1.54) is 11.0 Å². The van der Waals surface area contributed by atoms with E-state index in [0.29, 0.717) is 62.6 Å². The van der Waals surface area contributed by atoms with Gasteiger partial charge < -0.3 is 20.5 Å². The fourth-order valence-corrected chi connectivity index (χ4v) is 8.27. The standard InChI is InChI=1S/C33H42Cl2N6O2/c1-18-16-40(17-19(2)36-18)31(38-28-13-22-12-26(20(28)3)33(22,4)5)37-24-8-9-25-29(15-24)39-32(43)41(30(25)42)11-10-21-6-7-23(34)14-27(21)35/h6-9,14-15,18-20,22,26,28,36H,10-13,16-17H2,1-5H3,(H,37,38)(H,39,43). The largest absolute Gasteiger partial charge is 0.340 e. The molecule has 2 bridgehead atoms. The van der Waals surface area contributed by atoms with Crippen LogP contribution < -0.4 is 21.9 Å². The Kier molecular flexibility index (Phi) is 8.16. The summed E-state index contributed by atoms with van der Waals surface area (Å²) in [6, 6.07) is 11.7. The van der Waals surface area contributed by atoms with Crippen LogP contribution in [0, 0.1) is 23.2 Å². The van der Waals surface area contributed by atoms with E-state index in [1.807, 2.05) is 18.2 Å². The maximum atomic E-state index is 13.4. The molecule has 8 nitrogen and oxygen atoms in total. The van der Waals surface area contributed by atoms with E-state index in [0.717, 1.165) is 36.7 Å². The van der Waals surface area contributed by atoms with Crippen molar-refractivity contribution in [1.82, 2.24) is 19.8 Å². The first kappa shape index (κ1) is 30.2. The number of hydrogen-bond donors (Lipinski definition) is 3. The van der Waals surface area contributed by atoms with Crippen LogP contribution in [0.4, 0.5) is 5.69 Å². The minimum Gasteiger partial charge on any atom is -0.340 e. The zero-order chi connectivity index (χ0) is 30.6. The van der Waals surface area contributed by atoms with Gasteiger partial charge in [0.15, 0.2) is 5.96 Å². The number of rotatable bonds is 5. The van der Waals surface area contributed by atoms with Crippen LogP contribution in [0.15, 0.2) is 51.0 Å². The van der Waals surface area contributed by atoms with E-state index in [2.05, 4.69) is 55.1 Å². The van der Waals surface area contributed by atoms with Crippen LogP contribution in [0.2, 0.25) is 10.0 Å². The molecule has 10 heteroatoms. The number of aromatic nitrogens is 2. The minimum atomic E-state index is -0.448. The smallest absolute Gasteiger partial charge is 0.328 e. The summed E-state index contributed by atoms with van der Waals surface area (Å²) in [5, 5.41) is 8.74. The number of aromatic amines is 1. The number of aliphatic imine (C=N–C) groups is 1. The highest BCUT2D eigenvalue weighted by Crippen LogP contribution is 2.61. The summed E-state index contributed by atoms with van der Waals surface area (Å²) >= 11 is 12.3.